The largest absolute Gasteiger partial charge is 2.00 e. The fraction of sp³-hybridized carbons (Fsp3) is 0.600. The molecule has 0 aromatic rings. The second-order valence-corrected chi connectivity index (χ2v) is 3.98. The predicted molar refractivity (Wildman–Crippen MR) is 81.1 cm³/mol. The maximum absolute atomic E-state index is 5.10. The molecule has 0 spiro atoms. The molecule has 0 aliphatic carbocycles. The van der Waals surface area contributed by atoms with E-state index in [-0.39, 0.29) is 21.7 Å². The van der Waals surface area contributed by atoms with Gasteiger partial charge >= 0.3 is 16.5 Å². The van der Waals surface area contributed by atoms with Crippen LogP contribution in [-0.2, 0) is 46.5 Å². The molecule has 19 heavy (non-hydrogen) atoms. The number of nitrogens with zero attached hydrogens (tertiary/aromatic N) is 4. The number of nitrogens with one attached hydrogen (secondary N) is 1. The predicted octanol–water partition coefficient (Wildman–Crippen LogP) is 1.19. The van der Waals surface area contributed by atoms with Gasteiger partial charge in [0.05, 0.1) is 23.3 Å². The molecule has 0 heterocycles. The SMILES string of the molecule is CCCOC([S-])=NN=C(C)C(C)=NN=C([S-])NC.[Ni+2]. The molecule has 110 valence electrons. The van der Waals surface area contributed by atoms with Crippen LogP contribution in [0.5, 0.6) is 0 Å². The zero-order chi connectivity index (χ0) is 14.0. The summed E-state index contributed by atoms with van der Waals surface area (Å²) in [5, 5.41) is 18.4. The zero-order valence-electron chi connectivity index (χ0n) is 11.2. The van der Waals surface area contributed by atoms with Gasteiger partial charge in [-0.25, -0.2) is 0 Å². The molecule has 9 heteroatoms. The molecule has 0 aliphatic rings. The minimum Gasteiger partial charge on any atom is -0.741 e. The number of hydrogen-bond donors (Lipinski definition) is 1. The summed E-state index contributed by atoms with van der Waals surface area (Å²) in [4.78, 5) is 0. The first-order valence-electron chi connectivity index (χ1n) is 5.40. The van der Waals surface area contributed by atoms with Crippen molar-refractivity contribution in [1.82, 2.24) is 5.32 Å². The van der Waals surface area contributed by atoms with Gasteiger partial charge in [0.25, 0.3) is 0 Å². The zero-order valence-corrected chi connectivity index (χ0v) is 13.9. The fourth-order valence-corrected chi connectivity index (χ4v) is 0.814. The Morgan fingerprint density at radius 2 is 1.58 bits per heavy atom. The van der Waals surface area contributed by atoms with Gasteiger partial charge in [0, 0.05) is 7.05 Å². The smallest absolute Gasteiger partial charge is 0.741 e. The minimum absolute atomic E-state index is 0. The van der Waals surface area contributed by atoms with Crippen molar-refractivity contribution < 1.29 is 21.2 Å². The van der Waals surface area contributed by atoms with Gasteiger partial charge in [0.1, 0.15) is 0 Å². The third kappa shape index (κ3) is 10.8. The van der Waals surface area contributed by atoms with E-state index in [9.17, 15) is 0 Å². The summed E-state index contributed by atoms with van der Waals surface area (Å²) in [5.74, 6) is 0. The van der Waals surface area contributed by atoms with E-state index in [1.807, 2.05) is 6.92 Å². The van der Waals surface area contributed by atoms with E-state index >= 15 is 0 Å². The summed E-state index contributed by atoms with van der Waals surface area (Å²) in [5.41, 5.74) is 1.20. The molecule has 0 atom stereocenters. The van der Waals surface area contributed by atoms with Gasteiger partial charge < -0.3 is 35.3 Å². The Balaban J connectivity index is 0. The first kappa shape index (κ1) is 20.5. The summed E-state index contributed by atoms with van der Waals surface area (Å²) in [6.07, 6.45) is 0.874. The summed E-state index contributed by atoms with van der Waals surface area (Å²) < 4.78 is 5.10. The van der Waals surface area contributed by atoms with Crippen LogP contribution in [0, 0.1) is 0 Å². The second kappa shape index (κ2) is 12.3. The summed E-state index contributed by atoms with van der Waals surface area (Å²) in [6.45, 7) is 6.03. The molecule has 0 unspecified atom stereocenters. The Morgan fingerprint density at radius 1 is 1.05 bits per heavy atom. The number of hydrogen-bond acceptors (Lipinski definition) is 7. The molecule has 0 rings (SSSR count). The van der Waals surface area contributed by atoms with Gasteiger partial charge in [-0.2, -0.15) is 15.3 Å². The fourth-order valence-electron chi connectivity index (χ4n) is 0.649. The van der Waals surface area contributed by atoms with Crippen molar-refractivity contribution >= 4 is 47.1 Å². The first-order chi connectivity index (χ1) is 8.51. The molecule has 0 aromatic carbocycles. The quantitative estimate of drug-likeness (QED) is 0.267. The van der Waals surface area contributed by atoms with Crippen LogP contribution in [0.2, 0.25) is 0 Å². The van der Waals surface area contributed by atoms with E-state index in [1.54, 1.807) is 20.9 Å². The van der Waals surface area contributed by atoms with Crippen molar-refractivity contribution in [2.75, 3.05) is 13.7 Å². The Labute approximate surface area is 135 Å². The molecule has 0 fully saturated rings. The van der Waals surface area contributed by atoms with Crippen LogP contribution in [0.4, 0.5) is 0 Å². The number of amidine groups is 1. The molecule has 1 N–H and O–H groups in total. The summed E-state index contributed by atoms with van der Waals surface area (Å²) >= 11 is 9.68. The van der Waals surface area contributed by atoms with E-state index in [2.05, 4.69) is 25.7 Å². The van der Waals surface area contributed by atoms with Gasteiger partial charge in [0.2, 0.25) is 0 Å². The average Bonchev–Trinajstić information content (AvgIpc) is 2.38. The second-order valence-electron chi connectivity index (χ2n) is 3.24. The molecule has 0 radical (unpaired) electrons. The van der Waals surface area contributed by atoms with E-state index in [0.29, 0.717) is 23.2 Å². The molecule has 0 bridgehead atoms. The van der Waals surface area contributed by atoms with E-state index in [1.165, 1.54) is 0 Å². The maximum Gasteiger partial charge on any atom is 2.00 e. The minimum atomic E-state index is 0. The van der Waals surface area contributed by atoms with Crippen LogP contribution in [0.3, 0.4) is 0 Å². The monoisotopic (exact) mass is 345 g/mol. The topological polar surface area (TPSA) is 70.7 Å². The van der Waals surface area contributed by atoms with E-state index < -0.39 is 0 Å². The third-order valence-electron chi connectivity index (χ3n) is 1.74. The van der Waals surface area contributed by atoms with Gasteiger partial charge in [-0.15, -0.1) is 5.10 Å². The van der Waals surface area contributed by atoms with Gasteiger partial charge in [-0.3, -0.25) is 0 Å². The number of rotatable bonds is 5. The van der Waals surface area contributed by atoms with Crippen LogP contribution in [0.15, 0.2) is 20.4 Å². The molecule has 0 saturated heterocycles. The van der Waals surface area contributed by atoms with Crippen LogP contribution < -0.4 is 5.32 Å². The van der Waals surface area contributed by atoms with Crippen LogP contribution in [0.1, 0.15) is 27.2 Å². The van der Waals surface area contributed by atoms with E-state index in [4.69, 9.17) is 30.0 Å². The standard InChI is InChI=1S/C10H19N5OS2.Ni/c1-5-6-16-10(18)15-13-8(3)7(2)12-14-9(17)11-4;/h5-6H2,1-4H3,(H,15,18)(H2,11,14,17);/q;+2/p-2. The van der Waals surface area contributed by atoms with Crippen molar-refractivity contribution in [1.29, 1.82) is 0 Å². The van der Waals surface area contributed by atoms with Crippen molar-refractivity contribution in [3.8, 4) is 0 Å². The van der Waals surface area contributed by atoms with Crippen LogP contribution >= 0.6 is 0 Å². The van der Waals surface area contributed by atoms with Gasteiger partial charge in [-0.1, -0.05) is 6.92 Å². The molecule has 0 aromatic heterocycles. The first-order valence-corrected chi connectivity index (χ1v) is 6.22. The number of ether oxygens (including phenoxy) is 1. The summed E-state index contributed by atoms with van der Waals surface area (Å²) in [6, 6.07) is 0. The van der Waals surface area contributed by atoms with Gasteiger partial charge in [0.15, 0.2) is 0 Å². The molecule has 0 saturated carbocycles. The van der Waals surface area contributed by atoms with Crippen molar-refractivity contribution in [3.05, 3.63) is 0 Å². The molecule has 6 nitrogen and oxygen atoms in total. The van der Waals surface area contributed by atoms with Gasteiger partial charge in [-0.05, 0) is 25.4 Å². The molecular weight excluding hydrogens is 329 g/mol. The van der Waals surface area contributed by atoms with E-state index in [0.717, 1.165) is 6.42 Å². The Hall–Kier alpha value is -0.786. The van der Waals surface area contributed by atoms with Crippen LogP contribution in [0.25, 0.3) is 0 Å². The third-order valence-corrected chi connectivity index (χ3v) is 2.22. The summed E-state index contributed by atoms with van der Waals surface area (Å²) in [7, 11) is 1.68. The Kier molecular flexibility index (Phi) is 13.2. The average molecular weight is 346 g/mol. The van der Waals surface area contributed by atoms with Crippen molar-refractivity contribution in [3.63, 3.8) is 0 Å². The molecule has 0 aliphatic heterocycles. The maximum atomic E-state index is 5.10. The Bertz CT molecular complexity index is 382. The molecular formula is C10H17N5NiOS2. The molecule has 0 amide bonds. The normalized spacial score (nSPS) is 13.9. The van der Waals surface area contributed by atoms with Crippen molar-refractivity contribution in [2.24, 2.45) is 20.4 Å². The Morgan fingerprint density at radius 3 is 2.05 bits per heavy atom. The van der Waals surface area contributed by atoms with Crippen LogP contribution in [-0.4, -0.2) is 35.5 Å². The van der Waals surface area contributed by atoms with Crippen molar-refractivity contribution in [2.45, 2.75) is 27.2 Å².